The number of piperidine rings is 1. The Hall–Kier alpha value is -1.83. The number of alkyl halides is 3. The summed E-state index contributed by atoms with van der Waals surface area (Å²) in [7, 11) is 0. The third-order valence-electron chi connectivity index (χ3n) is 3.91. The van der Waals surface area contributed by atoms with E-state index < -0.39 is 12.8 Å². The fourth-order valence-electron chi connectivity index (χ4n) is 3.45. The number of hydrogen-bond donors (Lipinski definition) is 2. The first kappa shape index (κ1) is 19.5. The molecule has 0 saturated carbocycles. The molecule has 8 heteroatoms. The molecule has 1 aromatic rings. The van der Waals surface area contributed by atoms with Crippen molar-refractivity contribution in [3.05, 3.63) is 23.9 Å². The van der Waals surface area contributed by atoms with Crippen molar-refractivity contribution in [2.75, 3.05) is 6.61 Å². The molecule has 5 nitrogen and oxygen atoms in total. The number of nitrogens with one attached hydrogen (secondary N) is 2. The Bertz CT molecular complexity index is 597. The minimum absolute atomic E-state index is 0.0000871. The number of carbonyl (C=O) groups excluding carboxylic acids is 1. The molecule has 0 aliphatic carbocycles. The van der Waals surface area contributed by atoms with Crippen molar-refractivity contribution in [2.24, 2.45) is 0 Å². The first-order chi connectivity index (χ1) is 11.4. The van der Waals surface area contributed by atoms with E-state index in [4.69, 9.17) is 0 Å². The highest BCUT2D eigenvalue weighted by molar-refractivity contribution is 5.94. The molecular weight excluding hydrogens is 335 g/mol. The van der Waals surface area contributed by atoms with E-state index in [9.17, 15) is 18.0 Å². The molecule has 2 heterocycles. The average molecular weight is 359 g/mol. The molecule has 0 radical (unpaired) electrons. The molecule has 0 aromatic carbocycles. The third kappa shape index (κ3) is 6.19. The predicted molar refractivity (Wildman–Crippen MR) is 87.6 cm³/mol. The zero-order valence-corrected chi connectivity index (χ0v) is 14.8. The van der Waals surface area contributed by atoms with Crippen molar-refractivity contribution >= 4 is 5.91 Å². The molecule has 0 spiro atoms. The standard InChI is InChI=1S/C17H24F3N3O2/c1-15(2)7-12(8-16(3,4)23-15)22-14(24)11-5-6-13(21-9-11)25-10-17(18,19)20/h5-6,9,12,23H,7-8,10H2,1-4H3,(H,22,24). The fourth-order valence-corrected chi connectivity index (χ4v) is 3.45. The van der Waals surface area contributed by atoms with Crippen LogP contribution in [-0.2, 0) is 0 Å². The van der Waals surface area contributed by atoms with Crippen molar-refractivity contribution in [1.29, 1.82) is 0 Å². The molecule has 2 N–H and O–H groups in total. The summed E-state index contributed by atoms with van der Waals surface area (Å²) in [5.41, 5.74) is 0.0778. The summed E-state index contributed by atoms with van der Waals surface area (Å²) >= 11 is 0. The summed E-state index contributed by atoms with van der Waals surface area (Å²) in [6.45, 7) is 6.93. The Balaban J connectivity index is 1.96. The molecule has 0 unspecified atom stereocenters. The highest BCUT2D eigenvalue weighted by Gasteiger charge is 2.38. The molecule has 1 saturated heterocycles. The Morgan fingerprint density at radius 2 is 1.88 bits per heavy atom. The molecular formula is C17H24F3N3O2. The van der Waals surface area contributed by atoms with E-state index in [1.54, 1.807) is 0 Å². The Labute approximate surface area is 145 Å². The van der Waals surface area contributed by atoms with Gasteiger partial charge in [-0.25, -0.2) is 4.98 Å². The van der Waals surface area contributed by atoms with Crippen LogP contribution in [0.15, 0.2) is 18.3 Å². The quantitative estimate of drug-likeness (QED) is 0.867. The summed E-state index contributed by atoms with van der Waals surface area (Å²) in [4.78, 5) is 16.1. The number of carbonyl (C=O) groups is 1. The summed E-state index contributed by atoms with van der Waals surface area (Å²) in [6, 6.07) is 2.67. The maximum Gasteiger partial charge on any atom is 0.422 e. The van der Waals surface area contributed by atoms with Gasteiger partial charge in [0.2, 0.25) is 5.88 Å². The SMILES string of the molecule is CC1(C)CC(NC(=O)c2ccc(OCC(F)(F)F)nc2)CC(C)(C)N1. The summed E-state index contributed by atoms with van der Waals surface area (Å²) in [5, 5.41) is 6.52. The van der Waals surface area contributed by atoms with E-state index in [1.807, 2.05) is 0 Å². The predicted octanol–water partition coefficient (Wildman–Crippen LogP) is 3.06. The van der Waals surface area contributed by atoms with Gasteiger partial charge in [0.15, 0.2) is 6.61 Å². The molecule has 0 atom stereocenters. The number of nitrogens with zero attached hydrogens (tertiary/aromatic N) is 1. The number of amides is 1. The van der Waals surface area contributed by atoms with Gasteiger partial charge in [-0.15, -0.1) is 0 Å². The van der Waals surface area contributed by atoms with Gasteiger partial charge in [0.1, 0.15) is 0 Å². The van der Waals surface area contributed by atoms with E-state index in [1.165, 1.54) is 18.3 Å². The van der Waals surface area contributed by atoms with Gasteiger partial charge in [0.05, 0.1) is 5.56 Å². The van der Waals surface area contributed by atoms with Gasteiger partial charge in [-0.05, 0) is 46.6 Å². The summed E-state index contributed by atoms with van der Waals surface area (Å²) in [5.74, 6) is -0.466. The van der Waals surface area contributed by atoms with Crippen LogP contribution in [0.2, 0.25) is 0 Å². The summed E-state index contributed by atoms with van der Waals surface area (Å²) in [6.07, 6.45) is -1.64. The van der Waals surface area contributed by atoms with Crippen LogP contribution in [0.3, 0.4) is 0 Å². The van der Waals surface area contributed by atoms with Gasteiger partial charge >= 0.3 is 6.18 Å². The second-order valence-electron chi connectivity index (χ2n) is 7.76. The fraction of sp³-hybridized carbons (Fsp3) is 0.647. The van der Waals surface area contributed by atoms with Crippen molar-refractivity contribution in [3.8, 4) is 5.88 Å². The lowest BCUT2D eigenvalue weighted by Gasteiger charge is -2.46. The second kappa shape index (κ2) is 6.82. The third-order valence-corrected chi connectivity index (χ3v) is 3.91. The first-order valence-corrected chi connectivity index (χ1v) is 8.11. The minimum Gasteiger partial charge on any atom is -0.468 e. The molecule has 1 aliphatic rings. The van der Waals surface area contributed by atoms with Gasteiger partial charge in [-0.2, -0.15) is 13.2 Å². The number of hydrogen-bond acceptors (Lipinski definition) is 4. The van der Waals surface area contributed by atoms with Crippen LogP contribution in [-0.4, -0.2) is 40.8 Å². The molecule has 2 rings (SSSR count). The van der Waals surface area contributed by atoms with Crippen LogP contribution >= 0.6 is 0 Å². The zero-order chi connectivity index (χ0) is 18.9. The van der Waals surface area contributed by atoms with Crippen molar-refractivity contribution in [1.82, 2.24) is 15.6 Å². The van der Waals surface area contributed by atoms with Gasteiger partial charge in [-0.3, -0.25) is 4.79 Å². The largest absolute Gasteiger partial charge is 0.468 e. The Morgan fingerprint density at radius 1 is 1.28 bits per heavy atom. The van der Waals surface area contributed by atoms with E-state index in [-0.39, 0.29) is 34.5 Å². The van der Waals surface area contributed by atoms with Crippen LogP contribution in [0.4, 0.5) is 13.2 Å². The Kier molecular flexibility index (Phi) is 5.32. The van der Waals surface area contributed by atoms with Crippen LogP contribution in [0.5, 0.6) is 5.88 Å². The van der Waals surface area contributed by atoms with E-state index in [0.717, 1.165) is 12.8 Å². The van der Waals surface area contributed by atoms with Gasteiger partial charge in [0, 0.05) is 29.4 Å². The molecule has 1 amide bonds. The lowest BCUT2D eigenvalue weighted by atomic mass is 9.79. The molecule has 140 valence electrons. The van der Waals surface area contributed by atoms with Crippen molar-refractivity contribution in [2.45, 2.75) is 63.8 Å². The maximum absolute atomic E-state index is 12.4. The summed E-state index contributed by atoms with van der Waals surface area (Å²) < 4.78 is 40.9. The average Bonchev–Trinajstić information content (AvgIpc) is 2.41. The molecule has 25 heavy (non-hydrogen) atoms. The van der Waals surface area contributed by atoms with E-state index >= 15 is 0 Å². The normalized spacial score (nSPS) is 20.1. The number of ether oxygens (including phenoxy) is 1. The number of pyridine rings is 1. The highest BCUT2D eigenvalue weighted by atomic mass is 19.4. The lowest BCUT2D eigenvalue weighted by molar-refractivity contribution is -0.154. The topological polar surface area (TPSA) is 63.2 Å². The van der Waals surface area contributed by atoms with Crippen molar-refractivity contribution < 1.29 is 22.7 Å². The number of aromatic nitrogens is 1. The zero-order valence-electron chi connectivity index (χ0n) is 14.8. The van der Waals surface area contributed by atoms with Gasteiger partial charge < -0.3 is 15.4 Å². The lowest BCUT2D eigenvalue weighted by Crippen LogP contribution is -2.62. The van der Waals surface area contributed by atoms with E-state index in [2.05, 4.69) is 48.0 Å². The van der Waals surface area contributed by atoms with Crippen LogP contribution < -0.4 is 15.4 Å². The highest BCUT2D eigenvalue weighted by Crippen LogP contribution is 2.28. The monoisotopic (exact) mass is 359 g/mol. The van der Waals surface area contributed by atoms with Gasteiger partial charge in [-0.1, -0.05) is 0 Å². The maximum atomic E-state index is 12.4. The molecule has 1 fully saturated rings. The van der Waals surface area contributed by atoms with Crippen LogP contribution in [0.1, 0.15) is 50.9 Å². The number of rotatable bonds is 4. The molecule has 1 aromatic heterocycles. The Morgan fingerprint density at radius 3 is 2.36 bits per heavy atom. The van der Waals surface area contributed by atoms with Crippen LogP contribution in [0, 0.1) is 0 Å². The smallest absolute Gasteiger partial charge is 0.422 e. The van der Waals surface area contributed by atoms with Crippen molar-refractivity contribution in [3.63, 3.8) is 0 Å². The molecule has 1 aliphatic heterocycles. The molecule has 0 bridgehead atoms. The van der Waals surface area contributed by atoms with Gasteiger partial charge in [0.25, 0.3) is 5.91 Å². The first-order valence-electron chi connectivity index (χ1n) is 8.11. The van der Waals surface area contributed by atoms with Crippen LogP contribution in [0.25, 0.3) is 0 Å². The van der Waals surface area contributed by atoms with E-state index in [0.29, 0.717) is 0 Å². The number of halogens is 3. The minimum atomic E-state index is -4.42. The second-order valence-corrected chi connectivity index (χ2v) is 7.76.